The van der Waals surface area contributed by atoms with E-state index < -0.39 is 0 Å². The Labute approximate surface area is 207 Å². The molecule has 36 heavy (non-hydrogen) atoms. The number of hydrogen-bond acceptors (Lipinski definition) is 6. The lowest BCUT2D eigenvalue weighted by molar-refractivity contribution is 0.0739. The molecule has 3 heterocycles. The monoisotopic (exact) mass is 482 g/mol. The topological polar surface area (TPSA) is 96.4 Å². The summed E-state index contributed by atoms with van der Waals surface area (Å²) >= 11 is 0. The number of anilines is 1. The highest BCUT2D eigenvalue weighted by Crippen LogP contribution is 2.35. The second-order valence-electron chi connectivity index (χ2n) is 9.01. The van der Waals surface area contributed by atoms with E-state index in [1.165, 1.54) is 16.3 Å². The van der Waals surface area contributed by atoms with Crippen molar-refractivity contribution in [2.24, 2.45) is 0 Å². The molecule has 0 radical (unpaired) electrons. The predicted octanol–water partition coefficient (Wildman–Crippen LogP) is 2.69. The van der Waals surface area contributed by atoms with Crippen molar-refractivity contribution >= 4 is 11.7 Å². The van der Waals surface area contributed by atoms with Gasteiger partial charge in [0.05, 0.1) is 18.5 Å². The molecule has 1 N–H and O–H groups in total. The molecule has 1 fully saturated rings. The molecule has 2 aromatic heterocycles. The van der Waals surface area contributed by atoms with Gasteiger partial charge in [0.1, 0.15) is 17.3 Å². The molecule has 1 saturated heterocycles. The smallest absolute Gasteiger partial charge is 0.272 e. The lowest BCUT2D eigenvalue weighted by atomic mass is 9.88. The summed E-state index contributed by atoms with van der Waals surface area (Å²) in [4.78, 5) is 29.8. The molecule has 1 aliphatic heterocycles. The highest BCUT2D eigenvalue weighted by molar-refractivity contribution is 5.96. The van der Waals surface area contributed by atoms with Gasteiger partial charge < -0.3 is 14.5 Å². The fourth-order valence-electron chi connectivity index (χ4n) is 5.02. The van der Waals surface area contributed by atoms with Crippen molar-refractivity contribution in [3.63, 3.8) is 0 Å². The molecule has 1 aliphatic carbocycles. The Hall–Kier alpha value is -4.40. The number of rotatable bonds is 4. The van der Waals surface area contributed by atoms with Crippen LogP contribution in [0.15, 0.2) is 65.5 Å². The third kappa shape index (κ3) is 3.82. The fourth-order valence-corrected chi connectivity index (χ4v) is 5.02. The number of carbonyl (C=O) groups is 1. The normalized spacial score (nSPS) is 14.8. The number of carbonyl (C=O) groups excluding carboxylic acids is 1. The van der Waals surface area contributed by atoms with Crippen molar-refractivity contribution in [3.8, 4) is 22.7 Å². The number of hydrogen-bond donors (Lipinski definition) is 1. The van der Waals surface area contributed by atoms with Crippen LogP contribution in [0.5, 0.6) is 5.75 Å². The van der Waals surface area contributed by atoms with Gasteiger partial charge in [0.15, 0.2) is 0 Å². The number of ether oxygens (including phenoxy) is 1. The number of methoxy groups -OCH3 is 1. The minimum absolute atomic E-state index is 0.0254. The number of aryl methyl sites for hydroxylation is 1. The summed E-state index contributed by atoms with van der Waals surface area (Å²) in [5.41, 5.74) is 5.20. The van der Waals surface area contributed by atoms with Crippen molar-refractivity contribution in [1.82, 2.24) is 24.9 Å². The van der Waals surface area contributed by atoms with E-state index in [2.05, 4.69) is 20.2 Å². The first-order valence-corrected chi connectivity index (χ1v) is 12.1. The summed E-state index contributed by atoms with van der Waals surface area (Å²) in [6, 6.07) is 18.6. The first-order valence-electron chi connectivity index (χ1n) is 12.1. The maximum atomic E-state index is 13.4. The Bertz CT molecular complexity index is 1490. The summed E-state index contributed by atoms with van der Waals surface area (Å²) in [6.45, 7) is 2.38. The zero-order chi connectivity index (χ0) is 24.6. The van der Waals surface area contributed by atoms with Crippen LogP contribution in [0, 0.1) is 0 Å². The lowest BCUT2D eigenvalue weighted by Gasteiger charge is -2.35. The number of fused-ring (bicyclic) bond motifs is 3. The fraction of sp³-hybridized carbons (Fsp3) is 0.259. The number of benzene rings is 2. The van der Waals surface area contributed by atoms with E-state index in [1.807, 2.05) is 53.4 Å². The van der Waals surface area contributed by atoms with Crippen LogP contribution in [0.3, 0.4) is 0 Å². The van der Waals surface area contributed by atoms with Crippen molar-refractivity contribution < 1.29 is 9.53 Å². The van der Waals surface area contributed by atoms with Crippen LogP contribution in [-0.2, 0) is 12.8 Å². The summed E-state index contributed by atoms with van der Waals surface area (Å²) in [5.74, 6) is 1.52. The van der Waals surface area contributed by atoms with Crippen molar-refractivity contribution in [3.05, 3.63) is 87.8 Å². The van der Waals surface area contributed by atoms with E-state index in [1.54, 1.807) is 13.2 Å². The predicted molar refractivity (Wildman–Crippen MR) is 136 cm³/mol. The van der Waals surface area contributed by atoms with Crippen LogP contribution in [0.2, 0.25) is 0 Å². The average Bonchev–Trinajstić information content (AvgIpc) is 3.38. The van der Waals surface area contributed by atoms with Gasteiger partial charge in [-0.3, -0.25) is 14.7 Å². The number of piperazine rings is 1. The maximum Gasteiger partial charge on any atom is 0.272 e. The third-order valence-electron chi connectivity index (χ3n) is 6.97. The molecule has 0 saturated carbocycles. The highest BCUT2D eigenvalue weighted by atomic mass is 16.5. The Morgan fingerprint density at radius 1 is 0.972 bits per heavy atom. The molecular formula is C27H26N6O3. The van der Waals surface area contributed by atoms with Gasteiger partial charge in [0.2, 0.25) is 0 Å². The first-order chi connectivity index (χ1) is 17.6. The summed E-state index contributed by atoms with van der Waals surface area (Å²) in [7, 11) is 1.66. The van der Waals surface area contributed by atoms with E-state index in [9.17, 15) is 9.59 Å². The number of para-hydroxylation sites is 1. The lowest BCUT2D eigenvalue weighted by Crippen LogP contribution is -2.49. The second-order valence-corrected chi connectivity index (χ2v) is 9.01. The van der Waals surface area contributed by atoms with Crippen molar-refractivity contribution in [2.45, 2.75) is 12.8 Å². The Morgan fingerprint density at radius 3 is 2.56 bits per heavy atom. The maximum absolute atomic E-state index is 13.4. The van der Waals surface area contributed by atoms with E-state index in [0.717, 1.165) is 46.9 Å². The molecule has 4 aromatic rings. The summed E-state index contributed by atoms with van der Waals surface area (Å²) in [5, 5.41) is 12.1. The standard InChI is InChI=1S/C27H26N6O3/c1-36-20-8-10-21-18(17-20)7-9-22-25(21)28-29-26(22)27(35)32-15-13-31(14-16-32)23-11-12-24(34)33(30-23)19-5-3-2-4-6-19/h2-6,8,10-12,17H,7,9,13-16H2,1H3,(H,28,29). The van der Waals surface area contributed by atoms with Crippen LogP contribution < -0.4 is 15.2 Å². The van der Waals surface area contributed by atoms with Gasteiger partial charge >= 0.3 is 0 Å². The Morgan fingerprint density at radius 2 is 1.78 bits per heavy atom. The number of H-pyrrole nitrogens is 1. The zero-order valence-corrected chi connectivity index (χ0v) is 20.0. The Kier molecular flexibility index (Phi) is 5.52. The molecule has 1 amide bonds. The van der Waals surface area contributed by atoms with E-state index >= 15 is 0 Å². The SMILES string of the molecule is COc1ccc2c(c1)CCc1c-2n[nH]c1C(=O)N1CCN(c2ccc(=O)n(-c3ccccc3)n2)CC1. The number of aromatic nitrogens is 4. The van der Waals surface area contributed by atoms with Gasteiger partial charge in [-0.1, -0.05) is 18.2 Å². The van der Waals surface area contributed by atoms with Crippen molar-refractivity contribution in [2.75, 3.05) is 38.2 Å². The summed E-state index contributed by atoms with van der Waals surface area (Å²) < 4.78 is 6.77. The molecule has 182 valence electrons. The van der Waals surface area contributed by atoms with E-state index in [-0.39, 0.29) is 11.5 Å². The third-order valence-corrected chi connectivity index (χ3v) is 6.97. The van der Waals surface area contributed by atoms with Gasteiger partial charge in [-0.2, -0.15) is 9.78 Å². The first kappa shape index (κ1) is 22.1. The minimum atomic E-state index is -0.178. The second kappa shape index (κ2) is 8.99. The zero-order valence-electron chi connectivity index (χ0n) is 20.0. The van der Waals surface area contributed by atoms with Crippen LogP contribution in [-0.4, -0.2) is 64.1 Å². The number of amides is 1. The summed E-state index contributed by atoms with van der Waals surface area (Å²) in [6.07, 6.45) is 1.61. The Balaban J connectivity index is 1.18. The molecule has 0 unspecified atom stereocenters. The van der Waals surface area contributed by atoms with E-state index in [0.29, 0.717) is 31.9 Å². The largest absolute Gasteiger partial charge is 0.497 e. The number of nitrogens with zero attached hydrogens (tertiary/aromatic N) is 5. The highest BCUT2D eigenvalue weighted by Gasteiger charge is 2.30. The molecule has 2 aliphatic rings. The molecule has 6 rings (SSSR count). The molecular weight excluding hydrogens is 456 g/mol. The molecule has 2 aromatic carbocycles. The van der Waals surface area contributed by atoms with Crippen LogP contribution in [0.1, 0.15) is 21.6 Å². The van der Waals surface area contributed by atoms with Crippen LogP contribution in [0.25, 0.3) is 16.9 Å². The van der Waals surface area contributed by atoms with Crippen molar-refractivity contribution in [1.29, 1.82) is 0 Å². The molecule has 0 bridgehead atoms. The number of aromatic amines is 1. The molecule has 9 nitrogen and oxygen atoms in total. The van der Waals surface area contributed by atoms with Gasteiger partial charge in [-0.05, 0) is 54.8 Å². The van der Waals surface area contributed by atoms with Gasteiger partial charge in [-0.15, -0.1) is 5.10 Å². The molecule has 9 heteroatoms. The minimum Gasteiger partial charge on any atom is -0.497 e. The van der Waals surface area contributed by atoms with Gasteiger partial charge in [0, 0.05) is 43.4 Å². The molecule has 0 atom stereocenters. The van der Waals surface area contributed by atoms with Gasteiger partial charge in [0.25, 0.3) is 11.5 Å². The van der Waals surface area contributed by atoms with Crippen LogP contribution in [0.4, 0.5) is 5.82 Å². The van der Waals surface area contributed by atoms with E-state index in [4.69, 9.17) is 4.74 Å². The number of nitrogens with one attached hydrogen (secondary N) is 1. The van der Waals surface area contributed by atoms with Crippen LogP contribution >= 0.6 is 0 Å². The van der Waals surface area contributed by atoms with Gasteiger partial charge in [-0.25, -0.2) is 0 Å². The quantitative estimate of drug-likeness (QED) is 0.481. The molecule has 0 spiro atoms. The average molecular weight is 483 g/mol.